The van der Waals surface area contributed by atoms with Crippen LogP contribution in [0.25, 0.3) is 0 Å². The van der Waals surface area contributed by atoms with Crippen LogP contribution < -0.4 is 0 Å². The highest BCUT2D eigenvalue weighted by Crippen LogP contribution is 2.30. The van der Waals surface area contributed by atoms with Gasteiger partial charge >= 0.3 is 11.9 Å². The van der Waals surface area contributed by atoms with Gasteiger partial charge in [0.25, 0.3) is 0 Å². The summed E-state index contributed by atoms with van der Waals surface area (Å²) in [7, 11) is 0. The van der Waals surface area contributed by atoms with Crippen molar-refractivity contribution in [3.63, 3.8) is 0 Å². The third kappa shape index (κ3) is 9.82. The highest BCUT2D eigenvalue weighted by Gasteiger charge is 2.33. The second kappa shape index (κ2) is 12.1. The van der Waals surface area contributed by atoms with Crippen molar-refractivity contribution in [1.29, 1.82) is 0 Å². The molecule has 0 heterocycles. The Kier molecular flexibility index (Phi) is 11.9. The molecule has 0 saturated heterocycles. The maximum absolute atomic E-state index is 11.9. The smallest absolute Gasteiger partial charge is 0.307 e. The number of ether oxygens (including phenoxy) is 2. The second-order valence-electron chi connectivity index (χ2n) is 6.54. The van der Waals surface area contributed by atoms with Crippen molar-refractivity contribution in [1.82, 2.24) is 0 Å². The Morgan fingerprint density at radius 2 is 1.12 bits per heavy atom. The normalized spacial score (nSPS) is 16.1. The van der Waals surface area contributed by atoms with E-state index in [0.717, 1.165) is 24.3 Å². The van der Waals surface area contributed by atoms with Crippen molar-refractivity contribution in [3.05, 3.63) is 0 Å². The summed E-state index contributed by atoms with van der Waals surface area (Å²) in [6.07, 6.45) is 7.70. The van der Waals surface area contributed by atoms with Crippen LogP contribution in [-0.2, 0) is 19.1 Å². The molecular formula is C18H34O4S2. The Morgan fingerprint density at radius 1 is 0.792 bits per heavy atom. The molecule has 0 aliphatic heterocycles. The van der Waals surface area contributed by atoms with Crippen LogP contribution in [0.1, 0.15) is 66.2 Å². The molecule has 0 radical (unpaired) electrons. The monoisotopic (exact) mass is 378 g/mol. The summed E-state index contributed by atoms with van der Waals surface area (Å²) in [5, 5.41) is 0. The minimum absolute atomic E-state index is 0.149. The van der Waals surface area contributed by atoms with E-state index >= 15 is 0 Å². The van der Waals surface area contributed by atoms with Gasteiger partial charge in [0.05, 0.1) is 12.8 Å². The molecule has 0 spiro atoms. The molecule has 0 N–H and O–H groups in total. The van der Waals surface area contributed by atoms with E-state index in [1.54, 1.807) is 23.5 Å². The van der Waals surface area contributed by atoms with Crippen LogP contribution >= 0.6 is 23.5 Å². The number of hydrogen-bond donors (Lipinski definition) is 0. The molecule has 4 nitrogen and oxygen atoms in total. The Morgan fingerprint density at radius 3 is 1.38 bits per heavy atom. The summed E-state index contributed by atoms with van der Waals surface area (Å²) in [5.41, 5.74) is -1.00. The predicted octanol–water partition coefficient (Wildman–Crippen LogP) is 4.70. The van der Waals surface area contributed by atoms with E-state index in [0.29, 0.717) is 25.7 Å². The summed E-state index contributed by atoms with van der Waals surface area (Å²) >= 11 is 3.28. The zero-order valence-electron chi connectivity index (χ0n) is 16.1. The molecule has 2 atom stereocenters. The first-order chi connectivity index (χ1) is 11.2. The van der Waals surface area contributed by atoms with Crippen LogP contribution in [0, 0.1) is 0 Å². The Hall–Kier alpha value is -0.360. The van der Waals surface area contributed by atoms with E-state index in [1.165, 1.54) is 0 Å². The van der Waals surface area contributed by atoms with Crippen molar-refractivity contribution in [2.75, 3.05) is 24.0 Å². The van der Waals surface area contributed by atoms with E-state index in [9.17, 15) is 9.59 Å². The maximum atomic E-state index is 11.9. The van der Waals surface area contributed by atoms with Gasteiger partial charge in [-0.1, -0.05) is 13.8 Å². The van der Waals surface area contributed by atoms with Gasteiger partial charge in [-0.15, -0.1) is 0 Å². The molecule has 6 heteroatoms. The van der Waals surface area contributed by atoms with Gasteiger partial charge in [0.15, 0.2) is 0 Å². The first-order valence-corrected chi connectivity index (χ1v) is 11.4. The van der Waals surface area contributed by atoms with Gasteiger partial charge in [0.2, 0.25) is 0 Å². The van der Waals surface area contributed by atoms with Crippen LogP contribution in [-0.4, -0.2) is 47.2 Å². The number of thioether (sulfide) groups is 2. The fraction of sp³-hybridized carbons (Fsp3) is 0.889. The number of rotatable bonds is 13. The van der Waals surface area contributed by atoms with Gasteiger partial charge < -0.3 is 9.47 Å². The van der Waals surface area contributed by atoms with Crippen molar-refractivity contribution < 1.29 is 19.1 Å². The molecule has 0 aliphatic carbocycles. The lowest BCUT2D eigenvalue weighted by Crippen LogP contribution is -2.37. The molecule has 0 aromatic rings. The highest BCUT2D eigenvalue weighted by molar-refractivity contribution is 7.98. The molecule has 24 heavy (non-hydrogen) atoms. The quantitative estimate of drug-likeness (QED) is 0.433. The molecule has 142 valence electrons. The molecule has 0 aliphatic rings. The standard InChI is InChI=1S/C18H34O4S2/c1-7-17(3,21-15(19)9-13-23-5)11-12-18(4,8-2)22-16(20)10-14-24-6/h7-14H2,1-6H3. The van der Waals surface area contributed by atoms with E-state index < -0.39 is 11.2 Å². The predicted molar refractivity (Wildman–Crippen MR) is 105 cm³/mol. The van der Waals surface area contributed by atoms with Gasteiger partial charge in [-0.3, -0.25) is 9.59 Å². The summed E-state index contributed by atoms with van der Waals surface area (Å²) < 4.78 is 11.4. The van der Waals surface area contributed by atoms with E-state index in [4.69, 9.17) is 9.47 Å². The van der Waals surface area contributed by atoms with Crippen LogP contribution in [0.4, 0.5) is 0 Å². The third-order valence-corrected chi connectivity index (χ3v) is 5.64. The minimum atomic E-state index is -0.502. The first kappa shape index (κ1) is 23.6. The lowest BCUT2D eigenvalue weighted by molar-refractivity contribution is -0.166. The van der Waals surface area contributed by atoms with Gasteiger partial charge in [-0.25, -0.2) is 0 Å². The average Bonchev–Trinajstić information content (AvgIpc) is 2.56. The molecule has 0 saturated carbocycles. The number of carbonyl (C=O) groups is 2. The van der Waals surface area contributed by atoms with Crippen molar-refractivity contribution in [2.24, 2.45) is 0 Å². The number of esters is 2. The van der Waals surface area contributed by atoms with E-state index in [-0.39, 0.29) is 11.9 Å². The van der Waals surface area contributed by atoms with Crippen LogP contribution in [0.2, 0.25) is 0 Å². The van der Waals surface area contributed by atoms with Crippen molar-refractivity contribution in [2.45, 2.75) is 77.4 Å². The first-order valence-electron chi connectivity index (χ1n) is 8.65. The highest BCUT2D eigenvalue weighted by atomic mass is 32.2. The molecule has 0 bridgehead atoms. The van der Waals surface area contributed by atoms with Gasteiger partial charge in [-0.2, -0.15) is 23.5 Å². The largest absolute Gasteiger partial charge is 0.459 e. The average molecular weight is 379 g/mol. The second-order valence-corrected chi connectivity index (χ2v) is 8.51. The Bertz CT molecular complexity index is 353. The zero-order valence-corrected chi connectivity index (χ0v) is 17.7. The van der Waals surface area contributed by atoms with Gasteiger partial charge in [0, 0.05) is 11.5 Å². The van der Waals surface area contributed by atoms with E-state index in [2.05, 4.69) is 0 Å². The lowest BCUT2D eigenvalue weighted by Gasteiger charge is -2.34. The number of carbonyl (C=O) groups excluding carboxylic acids is 2. The number of hydrogen-bond acceptors (Lipinski definition) is 6. The lowest BCUT2D eigenvalue weighted by atomic mass is 9.88. The van der Waals surface area contributed by atoms with Crippen LogP contribution in [0.3, 0.4) is 0 Å². The summed E-state index contributed by atoms with van der Waals surface area (Å²) in [5.74, 6) is 1.25. The van der Waals surface area contributed by atoms with Gasteiger partial charge in [-0.05, 0) is 52.0 Å². The van der Waals surface area contributed by atoms with Crippen LogP contribution in [0.5, 0.6) is 0 Å². The molecular weight excluding hydrogens is 344 g/mol. The minimum Gasteiger partial charge on any atom is -0.459 e. The zero-order chi connectivity index (χ0) is 18.6. The van der Waals surface area contributed by atoms with Gasteiger partial charge in [0.1, 0.15) is 11.2 Å². The molecule has 0 aromatic heterocycles. The molecule has 0 amide bonds. The SMILES string of the molecule is CCC(C)(CCC(C)(CC)OC(=O)CCSC)OC(=O)CCSC. The molecule has 0 aromatic carbocycles. The fourth-order valence-electron chi connectivity index (χ4n) is 2.15. The Balaban J connectivity index is 4.63. The summed E-state index contributed by atoms with van der Waals surface area (Å²) in [6.45, 7) is 7.98. The topological polar surface area (TPSA) is 52.6 Å². The fourth-order valence-corrected chi connectivity index (χ4v) is 2.89. The summed E-state index contributed by atoms with van der Waals surface area (Å²) in [6, 6.07) is 0. The Labute approximate surface area is 156 Å². The summed E-state index contributed by atoms with van der Waals surface area (Å²) in [4.78, 5) is 23.9. The maximum Gasteiger partial charge on any atom is 0.307 e. The van der Waals surface area contributed by atoms with Crippen molar-refractivity contribution >= 4 is 35.5 Å². The van der Waals surface area contributed by atoms with Crippen molar-refractivity contribution in [3.8, 4) is 0 Å². The van der Waals surface area contributed by atoms with E-state index in [1.807, 2.05) is 40.2 Å². The third-order valence-electron chi connectivity index (χ3n) is 4.42. The van der Waals surface area contributed by atoms with Crippen LogP contribution in [0.15, 0.2) is 0 Å². The molecule has 2 unspecified atom stereocenters. The molecule has 0 rings (SSSR count). The molecule has 0 fully saturated rings.